The van der Waals surface area contributed by atoms with E-state index in [0.29, 0.717) is 5.82 Å². The van der Waals surface area contributed by atoms with Crippen molar-refractivity contribution in [1.82, 2.24) is 4.98 Å². The molecule has 0 radical (unpaired) electrons. The average molecular weight is 197 g/mol. The molecule has 0 bridgehead atoms. The Balaban J connectivity index is 2.81. The predicted octanol–water partition coefficient (Wildman–Crippen LogP) is 1.85. The smallest absolute Gasteiger partial charge is 0.137 e. The molecule has 0 atom stereocenters. The van der Waals surface area contributed by atoms with Gasteiger partial charge in [0.2, 0.25) is 0 Å². The van der Waals surface area contributed by atoms with E-state index in [1.807, 2.05) is 6.07 Å². The Hall–Kier alpha value is -1.01. The standard InChI is InChI=1S/C7H5BrN2/c1-2-9-7-4-3-6(8)5-10-7/h1,3-5H,(H,9,10). The monoisotopic (exact) mass is 196 g/mol. The number of anilines is 1. The Labute approximate surface area is 67.8 Å². The van der Waals surface area contributed by atoms with E-state index in [2.05, 4.69) is 32.3 Å². The first-order valence-electron chi connectivity index (χ1n) is 2.66. The predicted molar refractivity (Wildman–Crippen MR) is 44.4 cm³/mol. The molecule has 3 heteroatoms. The molecule has 1 aromatic rings. The summed E-state index contributed by atoms with van der Waals surface area (Å²) in [6.45, 7) is 0. The second-order valence-corrected chi connectivity index (χ2v) is 2.55. The first kappa shape index (κ1) is 7.10. The van der Waals surface area contributed by atoms with Gasteiger partial charge in [-0.15, -0.1) is 0 Å². The maximum atomic E-state index is 4.99. The first-order valence-corrected chi connectivity index (χ1v) is 3.45. The number of nitrogens with one attached hydrogen (secondary N) is 1. The Morgan fingerprint density at radius 1 is 1.60 bits per heavy atom. The SMILES string of the molecule is C#CNc1ccc(Br)cn1. The van der Waals surface area contributed by atoms with Gasteiger partial charge in [-0.3, -0.25) is 5.32 Å². The highest BCUT2D eigenvalue weighted by atomic mass is 79.9. The molecule has 1 rings (SSSR count). The number of rotatable bonds is 1. The van der Waals surface area contributed by atoms with Crippen LogP contribution in [0.3, 0.4) is 0 Å². The Bertz CT molecular complexity index is 247. The van der Waals surface area contributed by atoms with E-state index in [9.17, 15) is 0 Å². The fourth-order valence-corrected chi connectivity index (χ4v) is 0.758. The summed E-state index contributed by atoms with van der Waals surface area (Å²) in [6, 6.07) is 5.94. The van der Waals surface area contributed by atoms with E-state index in [0.717, 1.165) is 4.47 Å². The van der Waals surface area contributed by atoms with Crippen LogP contribution in [-0.4, -0.2) is 4.98 Å². The third-order valence-corrected chi connectivity index (χ3v) is 1.40. The molecule has 0 aliphatic rings. The Kier molecular flexibility index (Phi) is 2.30. The number of hydrogen-bond acceptors (Lipinski definition) is 2. The summed E-state index contributed by atoms with van der Waals surface area (Å²) >= 11 is 3.25. The molecular weight excluding hydrogens is 192 g/mol. The van der Waals surface area contributed by atoms with E-state index < -0.39 is 0 Å². The van der Waals surface area contributed by atoms with Crippen molar-refractivity contribution in [3.05, 3.63) is 22.8 Å². The minimum absolute atomic E-state index is 0.686. The number of pyridine rings is 1. The lowest BCUT2D eigenvalue weighted by atomic mass is 10.5. The van der Waals surface area contributed by atoms with Gasteiger partial charge in [0.05, 0.1) is 0 Å². The molecular formula is C7H5BrN2. The van der Waals surface area contributed by atoms with Gasteiger partial charge in [-0.1, -0.05) is 6.42 Å². The molecule has 2 nitrogen and oxygen atoms in total. The highest BCUT2D eigenvalue weighted by Crippen LogP contribution is 2.09. The van der Waals surface area contributed by atoms with Gasteiger partial charge in [-0.25, -0.2) is 4.98 Å². The van der Waals surface area contributed by atoms with Gasteiger partial charge < -0.3 is 0 Å². The Morgan fingerprint density at radius 3 is 2.90 bits per heavy atom. The molecule has 0 fully saturated rings. The van der Waals surface area contributed by atoms with Gasteiger partial charge in [0, 0.05) is 16.7 Å². The summed E-state index contributed by atoms with van der Waals surface area (Å²) in [6.07, 6.45) is 6.67. The van der Waals surface area contributed by atoms with Gasteiger partial charge in [-0.2, -0.15) is 0 Å². The summed E-state index contributed by atoms with van der Waals surface area (Å²) < 4.78 is 0.940. The van der Waals surface area contributed by atoms with Crippen molar-refractivity contribution in [2.24, 2.45) is 0 Å². The summed E-state index contributed by atoms with van der Waals surface area (Å²) in [4.78, 5) is 3.97. The third kappa shape index (κ3) is 1.74. The number of aromatic nitrogens is 1. The normalized spacial score (nSPS) is 8.40. The molecule has 1 heterocycles. The van der Waals surface area contributed by atoms with Crippen LogP contribution in [0.15, 0.2) is 22.8 Å². The molecule has 50 valence electrons. The highest BCUT2D eigenvalue weighted by Gasteiger charge is 1.88. The van der Waals surface area contributed by atoms with Crippen LogP contribution in [0.4, 0.5) is 5.82 Å². The van der Waals surface area contributed by atoms with Crippen molar-refractivity contribution in [2.45, 2.75) is 0 Å². The van der Waals surface area contributed by atoms with Crippen LogP contribution in [0.5, 0.6) is 0 Å². The summed E-state index contributed by atoms with van der Waals surface area (Å²) in [5.41, 5.74) is 0. The average Bonchev–Trinajstić information content (AvgIpc) is 1.95. The van der Waals surface area contributed by atoms with Gasteiger partial charge in [0.1, 0.15) is 5.82 Å². The lowest BCUT2D eigenvalue weighted by molar-refractivity contribution is 1.30. The minimum Gasteiger partial charge on any atom is -0.300 e. The number of terminal acetylenes is 1. The number of halogens is 1. The number of nitrogens with zero attached hydrogens (tertiary/aromatic N) is 1. The molecule has 0 unspecified atom stereocenters. The van der Waals surface area contributed by atoms with Gasteiger partial charge >= 0.3 is 0 Å². The summed E-state index contributed by atoms with van der Waals surface area (Å²) in [5, 5.41) is 2.63. The van der Waals surface area contributed by atoms with Crippen molar-refractivity contribution in [3.63, 3.8) is 0 Å². The van der Waals surface area contributed by atoms with Crippen molar-refractivity contribution < 1.29 is 0 Å². The van der Waals surface area contributed by atoms with Crippen LogP contribution < -0.4 is 5.32 Å². The van der Waals surface area contributed by atoms with E-state index in [-0.39, 0.29) is 0 Å². The van der Waals surface area contributed by atoms with Crippen LogP contribution in [0.2, 0.25) is 0 Å². The van der Waals surface area contributed by atoms with E-state index in [1.165, 1.54) is 0 Å². The topological polar surface area (TPSA) is 24.9 Å². The molecule has 0 amide bonds. The number of hydrogen-bond donors (Lipinski definition) is 1. The Morgan fingerprint density at radius 2 is 2.40 bits per heavy atom. The maximum absolute atomic E-state index is 4.99. The molecule has 0 aliphatic carbocycles. The van der Waals surface area contributed by atoms with Crippen LogP contribution in [-0.2, 0) is 0 Å². The summed E-state index contributed by atoms with van der Waals surface area (Å²) in [5.74, 6) is 0.686. The fourth-order valence-electron chi connectivity index (χ4n) is 0.524. The van der Waals surface area contributed by atoms with Gasteiger partial charge in [0.15, 0.2) is 0 Å². The first-order chi connectivity index (χ1) is 4.83. The molecule has 0 saturated carbocycles. The quantitative estimate of drug-likeness (QED) is 0.548. The molecule has 0 aromatic carbocycles. The lowest BCUT2D eigenvalue weighted by Crippen LogP contribution is -1.89. The molecule has 1 aromatic heterocycles. The van der Waals surface area contributed by atoms with Gasteiger partial charge in [0.25, 0.3) is 0 Å². The van der Waals surface area contributed by atoms with Crippen molar-refractivity contribution in [2.75, 3.05) is 5.32 Å². The van der Waals surface area contributed by atoms with Crippen molar-refractivity contribution >= 4 is 21.7 Å². The van der Waals surface area contributed by atoms with Crippen LogP contribution >= 0.6 is 15.9 Å². The molecule has 1 N–H and O–H groups in total. The molecule has 0 aliphatic heterocycles. The zero-order chi connectivity index (χ0) is 7.40. The van der Waals surface area contributed by atoms with E-state index in [1.54, 1.807) is 12.3 Å². The molecule has 10 heavy (non-hydrogen) atoms. The van der Waals surface area contributed by atoms with Crippen LogP contribution in [0, 0.1) is 12.5 Å². The lowest BCUT2D eigenvalue weighted by Gasteiger charge is -1.94. The van der Waals surface area contributed by atoms with Crippen molar-refractivity contribution in [3.8, 4) is 12.5 Å². The fraction of sp³-hybridized carbons (Fsp3) is 0. The zero-order valence-electron chi connectivity index (χ0n) is 5.13. The van der Waals surface area contributed by atoms with E-state index >= 15 is 0 Å². The minimum atomic E-state index is 0.686. The van der Waals surface area contributed by atoms with E-state index in [4.69, 9.17) is 6.42 Å². The summed E-state index contributed by atoms with van der Waals surface area (Å²) in [7, 11) is 0. The van der Waals surface area contributed by atoms with Crippen molar-refractivity contribution in [1.29, 1.82) is 0 Å². The third-order valence-electron chi connectivity index (χ3n) is 0.928. The molecule has 0 spiro atoms. The zero-order valence-corrected chi connectivity index (χ0v) is 6.72. The second-order valence-electron chi connectivity index (χ2n) is 1.63. The van der Waals surface area contributed by atoms with Crippen LogP contribution in [0.25, 0.3) is 0 Å². The maximum Gasteiger partial charge on any atom is 0.137 e. The second kappa shape index (κ2) is 3.23. The van der Waals surface area contributed by atoms with Gasteiger partial charge in [-0.05, 0) is 28.1 Å². The van der Waals surface area contributed by atoms with Crippen LogP contribution in [0.1, 0.15) is 0 Å². The molecule has 0 saturated heterocycles. The largest absolute Gasteiger partial charge is 0.300 e. The highest BCUT2D eigenvalue weighted by molar-refractivity contribution is 9.10.